The van der Waals surface area contributed by atoms with Gasteiger partial charge in [0.1, 0.15) is 17.1 Å². The summed E-state index contributed by atoms with van der Waals surface area (Å²) in [5.74, 6) is -2.16. The molecular weight excluding hydrogens is 364 g/mol. The number of hydrogen-bond acceptors (Lipinski definition) is 8. The predicted molar refractivity (Wildman–Crippen MR) is 98.7 cm³/mol. The van der Waals surface area contributed by atoms with E-state index in [0.717, 1.165) is 0 Å². The number of nitrogens with two attached hydrogens (primary N) is 1. The average molecular weight is 386 g/mol. The van der Waals surface area contributed by atoms with Crippen molar-refractivity contribution in [3.63, 3.8) is 0 Å². The van der Waals surface area contributed by atoms with E-state index in [1.807, 2.05) is 6.92 Å². The molecule has 2 heterocycles. The number of esters is 3. The molecule has 3 N–H and O–H groups in total. The molecular formula is C20H22N2O6. The van der Waals surface area contributed by atoms with Crippen LogP contribution in [0.1, 0.15) is 32.3 Å². The van der Waals surface area contributed by atoms with Crippen LogP contribution in [-0.4, -0.2) is 31.6 Å². The van der Waals surface area contributed by atoms with Crippen molar-refractivity contribution in [2.75, 3.05) is 13.7 Å². The fraction of sp³-hybridized carbons (Fsp3) is 0.350. The van der Waals surface area contributed by atoms with Crippen molar-refractivity contribution in [2.24, 2.45) is 5.73 Å². The summed E-state index contributed by atoms with van der Waals surface area (Å²) >= 11 is 0. The van der Waals surface area contributed by atoms with Crippen molar-refractivity contribution in [1.82, 2.24) is 5.32 Å². The Labute approximate surface area is 162 Å². The van der Waals surface area contributed by atoms with Gasteiger partial charge in [-0.3, -0.25) is 0 Å². The number of hydrogen-bond donors (Lipinski definition) is 2. The first-order valence-corrected chi connectivity index (χ1v) is 9.01. The quantitative estimate of drug-likeness (QED) is 0.576. The number of carbonyl (C=O) groups is 3. The number of methoxy groups -OCH3 is 1. The summed E-state index contributed by atoms with van der Waals surface area (Å²) in [5, 5.41) is 2.90. The molecule has 3 rings (SSSR count). The SMILES string of the molecule is CCCC1=C(C(=O)OCC)[C@@]2(C(=O)Oc3ccccc32)C(C(=O)OC)=C(N)N1. The number of dihydropyridines is 1. The first kappa shape index (κ1) is 19.5. The minimum atomic E-state index is -1.85. The number of fused-ring (bicyclic) bond motifs is 2. The Bertz CT molecular complexity index is 917. The van der Waals surface area contributed by atoms with E-state index in [1.165, 1.54) is 7.11 Å². The standard InChI is InChI=1S/C20H22N2O6/c1-4-8-12-14(18(24)27-5-2)20(15(16(21)22-12)17(23)26-3)11-9-6-7-10-13(11)28-19(20)25/h6-7,9-10,22H,4-5,8,21H2,1-3H3/t20-/m1/s1. The van der Waals surface area contributed by atoms with Gasteiger partial charge in [0.2, 0.25) is 0 Å². The average Bonchev–Trinajstić information content (AvgIpc) is 2.94. The van der Waals surface area contributed by atoms with Crippen molar-refractivity contribution in [3.05, 3.63) is 52.5 Å². The van der Waals surface area contributed by atoms with Crippen LogP contribution in [0.15, 0.2) is 46.9 Å². The minimum absolute atomic E-state index is 0.000694. The molecule has 0 unspecified atom stereocenters. The normalized spacial score (nSPS) is 20.6. The molecule has 148 valence electrons. The zero-order chi connectivity index (χ0) is 20.5. The maximum absolute atomic E-state index is 13.3. The van der Waals surface area contributed by atoms with Crippen LogP contribution in [0, 0.1) is 0 Å². The summed E-state index contributed by atoms with van der Waals surface area (Å²) < 4.78 is 15.6. The van der Waals surface area contributed by atoms with Crippen molar-refractivity contribution in [3.8, 4) is 5.75 Å². The van der Waals surface area contributed by atoms with Crippen LogP contribution >= 0.6 is 0 Å². The Kier molecular flexibility index (Phi) is 5.13. The van der Waals surface area contributed by atoms with Gasteiger partial charge in [-0.15, -0.1) is 0 Å². The van der Waals surface area contributed by atoms with Crippen LogP contribution in [0.3, 0.4) is 0 Å². The number of ether oxygens (including phenoxy) is 3. The lowest BCUT2D eigenvalue weighted by Crippen LogP contribution is -2.51. The Balaban J connectivity index is 2.42. The summed E-state index contributed by atoms with van der Waals surface area (Å²) in [4.78, 5) is 39.0. The Morgan fingerprint density at radius 1 is 1.18 bits per heavy atom. The van der Waals surface area contributed by atoms with Gasteiger partial charge in [0.25, 0.3) is 0 Å². The van der Waals surface area contributed by atoms with E-state index < -0.39 is 23.3 Å². The van der Waals surface area contributed by atoms with Crippen LogP contribution in [0.2, 0.25) is 0 Å². The van der Waals surface area contributed by atoms with Gasteiger partial charge < -0.3 is 25.3 Å². The van der Waals surface area contributed by atoms with E-state index in [1.54, 1.807) is 31.2 Å². The highest BCUT2D eigenvalue weighted by Gasteiger charge is 2.62. The topological polar surface area (TPSA) is 117 Å². The lowest BCUT2D eigenvalue weighted by Gasteiger charge is -2.36. The van der Waals surface area contributed by atoms with Crippen molar-refractivity contribution < 1.29 is 28.6 Å². The molecule has 28 heavy (non-hydrogen) atoms. The lowest BCUT2D eigenvalue weighted by atomic mass is 9.66. The molecule has 1 spiro atoms. The molecule has 1 aromatic carbocycles. The van der Waals surface area contributed by atoms with Gasteiger partial charge in [-0.25, -0.2) is 14.4 Å². The van der Waals surface area contributed by atoms with Crippen LogP contribution in [0.25, 0.3) is 0 Å². The second kappa shape index (κ2) is 7.38. The van der Waals surface area contributed by atoms with E-state index in [4.69, 9.17) is 19.9 Å². The highest BCUT2D eigenvalue weighted by molar-refractivity contribution is 6.15. The zero-order valence-corrected chi connectivity index (χ0v) is 16.0. The maximum atomic E-state index is 13.3. The number of allylic oxidation sites excluding steroid dienone is 1. The molecule has 0 fully saturated rings. The predicted octanol–water partition coefficient (Wildman–Crippen LogP) is 1.41. The second-order valence-corrected chi connectivity index (χ2v) is 6.36. The molecule has 8 heteroatoms. The fourth-order valence-corrected chi connectivity index (χ4v) is 3.75. The summed E-state index contributed by atoms with van der Waals surface area (Å²) in [7, 11) is 1.18. The van der Waals surface area contributed by atoms with E-state index in [9.17, 15) is 14.4 Å². The van der Waals surface area contributed by atoms with E-state index in [-0.39, 0.29) is 29.3 Å². The molecule has 0 amide bonds. The van der Waals surface area contributed by atoms with Crippen LogP contribution < -0.4 is 15.8 Å². The van der Waals surface area contributed by atoms with Gasteiger partial charge in [-0.05, 0) is 19.4 Å². The third-order valence-electron chi connectivity index (χ3n) is 4.78. The van der Waals surface area contributed by atoms with E-state index in [2.05, 4.69) is 5.32 Å². The Morgan fingerprint density at radius 3 is 2.54 bits per heavy atom. The molecule has 0 bridgehead atoms. The van der Waals surface area contributed by atoms with Crippen molar-refractivity contribution >= 4 is 17.9 Å². The highest BCUT2D eigenvalue weighted by atomic mass is 16.6. The summed E-state index contributed by atoms with van der Waals surface area (Å²) in [6, 6.07) is 6.61. The highest BCUT2D eigenvalue weighted by Crippen LogP contribution is 2.52. The first-order valence-electron chi connectivity index (χ1n) is 9.01. The molecule has 1 atom stereocenters. The molecule has 0 radical (unpaired) electrons. The maximum Gasteiger partial charge on any atom is 0.339 e. The molecule has 2 aliphatic rings. The molecule has 1 aromatic rings. The van der Waals surface area contributed by atoms with Gasteiger partial charge in [0.15, 0.2) is 5.41 Å². The van der Waals surface area contributed by atoms with Crippen LogP contribution in [-0.2, 0) is 29.3 Å². The van der Waals surface area contributed by atoms with E-state index in [0.29, 0.717) is 24.1 Å². The summed E-state index contributed by atoms with van der Waals surface area (Å²) in [6.07, 6.45) is 1.08. The monoisotopic (exact) mass is 386 g/mol. The van der Waals surface area contributed by atoms with Gasteiger partial charge in [-0.2, -0.15) is 0 Å². The number of nitrogens with one attached hydrogen (secondary N) is 1. The largest absolute Gasteiger partial charge is 0.466 e. The number of carbonyl (C=O) groups excluding carboxylic acids is 3. The molecule has 0 aliphatic carbocycles. The minimum Gasteiger partial charge on any atom is -0.466 e. The van der Waals surface area contributed by atoms with Gasteiger partial charge in [-0.1, -0.05) is 31.5 Å². The van der Waals surface area contributed by atoms with Crippen molar-refractivity contribution in [1.29, 1.82) is 0 Å². The molecule has 2 aliphatic heterocycles. The third-order valence-corrected chi connectivity index (χ3v) is 4.78. The first-order chi connectivity index (χ1) is 13.4. The number of para-hydroxylation sites is 1. The second-order valence-electron chi connectivity index (χ2n) is 6.36. The summed E-state index contributed by atoms with van der Waals surface area (Å²) in [6.45, 7) is 3.68. The Hall–Kier alpha value is -3.29. The van der Waals surface area contributed by atoms with Gasteiger partial charge >= 0.3 is 17.9 Å². The van der Waals surface area contributed by atoms with Gasteiger partial charge in [0.05, 0.1) is 19.3 Å². The fourth-order valence-electron chi connectivity index (χ4n) is 3.75. The smallest absolute Gasteiger partial charge is 0.339 e. The molecule has 0 saturated carbocycles. The van der Waals surface area contributed by atoms with Crippen molar-refractivity contribution in [2.45, 2.75) is 32.1 Å². The van der Waals surface area contributed by atoms with Gasteiger partial charge in [0, 0.05) is 11.3 Å². The summed E-state index contributed by atoms with van der Waals surface area (Å²) in [5.41, 5.74) is 4.89. The molecule has 0 saturated heterocycles. The third kappa shape index (κ3) is 2.64. The Morgan fingerprint density at radius 2 is 1.89 bits per heavy atom. The number of rotatable bonds is 5. The number of benzene rings is 1. The molecule has 0 aromatic heterocycles. The zero-order valence-electron chi connectivity index (χ0n) is 16.0. The van der Waals surface area contributed by atoms with Crippen LogP contribution in [0.5, 0.6) is 5.75 Å². The van der Waals surface area contributed by atoms with E-state index >= 15 is 0 Å². The lowest BCUT2D eigenvalue weighted by molar-refractivity contribution is -0.145. The molecule has 8 nitrogen and oxygen atoms in total. The van der Waals surface area contributed by atoms with Crippen LogP contribution in [0.4, 0.5) is 0 Å².